The number of hydrogen-bond donors (Lipinski definition) is 0. The molecular weight excluding hydrogens is 182 g/mol. The first kappa shape index (κ1) is 10.6. The van der Waals surface area contributed by atoms with Crippen molar-refractivity contribution in [3.05, 3.63) is 10.6 Å². The molecule has 1 heterocycles. The average molecular weight is 198 g/mol. The van der Waals surface area contributed by atoms with E-state index < -0.39 is 0 Å². The van der Waals surface area contributed by atoms with Crippen LogP contribution in [0.4, 0.5) is 0 Å². The Kier molecular flexibility index (Phi) is 3.85. The number of hydrogen-bond acceptors (Lipinski definition) is 3. The third-order valence-corrected chi connectivity index (χ3v) is 3.59. The fraction of sp³-hybridized carbons (Fsp3) is 0.700. The summed E-state index contributed by atoms with van der Waals surface area (Å²) in [5.41, 5.74) is 1.39. The van der Waals surface area contributed by atoms with E-state index in [9.17, 15) is 4.79 Å². The van der Waals surface area contributed by atoms with E-state index in [0.29, 0.717) is 12.5 Å². The van der Waals surface area contributed by atoms with E-state index in [2.05, 4.69) is 25.7 Å². The monoisotopic (exact) mass is 198 g/mol. The molecular formula is C10H16NOS. The Bertz CT molecular complexity index is 223. The van der Waals surface area contributed by atoms with Crippen LogP contribution in [0.1, 0.15) is 20.8 Å². The van der Waals surface area contributed by atoms with E-state index in [0.717, 1.165) is 12.3 Å². The summed E-state index contributed by atoms with van der Waals surface area (Å²) in [7, 11) is 0. The summed E-state index contributed by atoms with van der Waals surface area (Å²) in [6.07, 6.45) is 1.96. The van der Waals surface area contributed by atoms with E-state index in [4.69, 9.17) is 0 Å². The van der Waals surface area contributed by atoms with Crippen molar-refractivity contribution in [3.63, 3.8) is 0 Å². The zero-order valence-electron chi connectivity index (χ0n) is 8.46. The first-order valence-corrected chi connectivity index (χ1v) is 5.59. The van der Waals surface area contributed by atoms with Gasteiger partial charge in [0.15, 0.2) is 0 Å². The minimum Gasteiger partial charge on any atom is -0.358 e. The van der Waals surface area contributed by atoms with E-state index >= 15 is 0 Å². The van der Waals surface area contributed by atoms with Crippen molar-refractivity contribution in [1.82, 2.24) is 4.90 Å². The number of nitrogens with zero attached hydrogens (tertiary/aromatic N) is 1. The molecule has 1 aliphatic heterocycles. The molecule has 1 rings (SSSR count). The second kappa shape index (κ2) is 4.70. The number of thioether (sulfide) groups is 1. The Balaban J connectivity index is 2.77. The van der Waals surface area contributed by atoms with Crippen molar-refractivity contribution in [2.45, 2.75) is 20.8 Å². The highest BCUT2D eigenvalue weighted by Gasteiger charge is 2.20. The van der Waals surface area contributed by atoms with Crippen LogP contribution in [-0.2, 0) is 4.79 Å². The average Bonchev–Trinajstić information content (AvgIpc) is 2.52. The van der Waals surface area contributed by atoms with Crippen LogP contribution in [0.3, 0.4) is 0 Å². The molecule has 13 heavy (non-hydrogen) atoms. The summed E-state index contributed by atoms with van der Waals surface area (Å²) in [4.78, 5) is 12.4. The molecule has 2 nitrogen and oxygen atoms in total. The van der Waals surface area contributed by atoms with Gasteiger partial charge in [-0.2, -0.15) is 0 Å². The van der Waals surface area contributed by atoms with Crippen molar-refractivity contribution < 1.29 is 4.79 Å². The lowest BCUT2D eigenvalue weighted by molar-refractivity contribution is 0.432. The Morgan fingerprint density at radius 2 is 2.38 bits per heavy atom. The zero-order valence-corrected chi connectivity index (χ0v) is 9.28. The molecule has 0 amide bonds. The molecule has 0 saturated carbocycles. The maximum Gasteiger partial charge on any atom is 0.219 e. The molecule has 3 heteroatoms. The third kappa shape index (κ3) is 2.50. The smallest absolute Gasteiger partial charge is 0.219 e. The van der Waals surface area contributed by atoms with Gasteiger partial charge in [-0.3, -0.25) is 4.79 Å². The molecule has 0 bridgehead atoms. The van der Waals surface area contributed by atoms with Gasteiger partial charge in [-0.25, -0.2) is 0 Å². The van der Waals surface area contributed by atoms with Crippen molar-refractivity contribution >= 4 is 18.0 Å². The lowest BCUT2D eigenvalue weighted by atomic mass is 10.1. The Morgan fingerprint density at radius 1 is 1.69 bits per heavy atom. The van der Waals surface area contributed by atoms with E-state index in [-0.39, 0.29) is 0 Å². The second-order valence-corrected chi connectivity index (χ2v) is 4.64. The van der Waals surface area contributed by atoms with Gasteiger partial charge in [-0.1, -0.05) is 13.8 Å². The Labute approximate surface area is 84.4 Å². The molecule has 0 aliphatic carbocycles. The van der Waals surface area contributed by atoms with Gasteiger partial charge in [0.25, 0.3) is 0 Å². The minimum absolute atomic E-state index is 0.423. The van der Waals surface area contributed by atoms with Crippen LogP contribution in [-0.4, -0.2) is 30.0 Å². The van der Waals surface area contributed by atoms with Crippen LogP contribution in [0.25, 0.3) is 0 Å². The lowest BCUT2D eigenvalue weighted by Crippen LogP contribution is -2.21. The molecule has 0 atom stereocenters. The molecule has 1 aliphatic rings. The fourth-order valence-electron chi connectivity index (χ4n) is 1.28. The summed E-state index contributed by atoms with van der Waals surface area (Å²) in [5, 5.41) is 1.29. The van der Waals surface area contributed by atoms with E-state index in [1.807, 2.05) is 18.0 Å². The van der Waals surface area contributed by atoms with Gasteiger partial charge in [-0.15, -0.1) is 11.8 Å². The molecule has 0 spiro atoms. The fourth-order valence-corrected chi connectivity index (χ4v) is 2.59. The predicted molar refractivity (Wildman–Crippen MR) is 57.3 cm³/mol. The molecule has 1 fully saturated rings. The number of carbonyl (C=O) groups excluding carboxylic acids is 1. The highest BCUT2D eigenvalue weighted by atomic mass is 32.2. The third-order valence-electron chi connectivity index (χ3n) is 2.35. The topological polar surface area (TPSA) is 20.3 Å². The van der Waals surface area contributed by atoms with Crippen LogP contribution in [0.5, 0.6) is 0 Å². The van der Waals surface area contributed by atoms with Gasteiger partial charge < -0.3 is 4.90 Å². The Hall–Kier alpha value is -0.440. The minimum atomic E-state index is 0.423. The standard InChI is InChI=1S/C10H16NOS/c1-8(2)9(3)10-11(4-6-12)5-7-13-10/h8H,4-5,7H2,1-3H3. The molecule has 0 aromatic rings. The summed E-state index contributed by atoms with van der Waals surface area (Å²) in [5.74, 6) is 1.66. The largest absolute Gasteiger partial charge is 0.358 e. The molecule has 0 N–H and O–H groups in total. The first-order chi connectivity index (χ1) is 6.16. The first-order valence-electron chi connectivity index (χ1n) is 4.60. The van der Waals surface area contributed by atoms with Crippen molar-refractivity contribution in [2.24, 2.45) is 5.92 Å². The maximum atomic E-state index is 10.3. The highest BCUT2D eigenvalue weighted by molar-refractivity contribution is 8.03. The molecule has 0 aromatic heterocycles. The van der Waals surface area contributed by atoms with Gasteiger partial charge in [-0.05, 0) is 18.4 Å². The number of rotatable bonds is 3. The van der Waals surface area contributed by atoms with Crippen LogP contribution in [0.15, 0.2) is 10.6 Å². The quantitative estimate of drug-likeness (QED) is 0.692. The highest BCUT2D eigenvalue weighted by Crippen LogP contribution is 2.32. The van der Waals surface area contributed by atoms with Crippen molar-refractivity contribution in [3.8, 4) is 0 Å². The molecule has 1 radical (unpaired) electrons. The normalized spacial score (nSPS) is 21.1. The summed E-state index contributed by atoms with van der Waals surface area (Å²) >= 11 is 1.85. The molecule has 0 unspecified atom stereocenters. The van der Waals surface area contributed by atoms with Crippen LogP contribution in [0, 0.1) is 5.92 Å². The van der Waals surface area contributed by atoms with Crippen molar-refractivity contribution in [2.75, 3.05) is 18.8 Å². The predicted octanol–water partition coefficient (Wildman–Crippen LogP) is 2.03. The lowest BCUT2D eigenvalue weighted by Gasteiger charge is -2.19. The van der Waals surface area contributed by atoms with Gasteiger partial charge >= 0.3 is 0 Å². The van der Waals surface area contributed by atoms with Crippen molar-refractivity contribution in [1.29, 1.82) is 0 Å². The molecule has 1 saturated heterocycles. The van der Waals surface area contributed by atoms with E-state index in [1.54, 1.807) is 0 Å². The SMILES string of the molecule is CC(=C1SCCN1C[C]=O)C(C)C. The molecule has 0 aromatic carbocycles. The summed E-state index contributed by atoms with van der Waals surface area (Å²) in [6, 6.07) is 0. The van der Waals surface area contributed by atoms with Gasteiger partial charge in [0.05, 0.1) is 11.6 Å². The van der Waals surface area contributed by atoms with E-state index in [1.165, 1.54) is 10.6 Å². The second-order valence-electron chi connectivity index (χ2n) is 3.56. The summed E-state index contributed by atoms with van der Waals surface area (Å²) < 4.78 is 0. The van der Waals surface area contributed by atoms with Gasteiger partial charge in [0.1, 0.15) is 0 Å². The van der Waals surface area contributed by atoms with Crippen LogP contribution < -0.4 is 0 Å². The number of allylic oxidation sites excluding steroid dienone is 1. The summed E-state index contributed by atoms with van der Waals surface area (Å²) in [6.45, 7) is 7.93. The Morgan fingerprint density at radius 3 is 2.92 bits per heavy atom. The van der Waals surface area contributed by atoms with Crippen LogP contribution in [0.2, 0.25) is 0 Å². The molecule has 73 valence electrons. The van der Waals surface area contributed by atoms with Gasteiger partial charge in [0.2, 0.25) is 6.29 Å². The maximum absolute atomic E-state index is 10.3. The van der Waals surface area contributed by atoms with Crippen LogP contribution >= 0.6 is 11.8 Å². The van der Waals surface area contributed by atoms with Gasteiger partial charge in [0, 0.05) is 12.3 Å². The zero-order chi connectivity index (χ0) is 9.84.